The summed E-state index contributed by atoms with van der Waals surface area (Å²) in [5.74, 6) is 0. The van der Waals surface area contributed by atoms with Crippen molar-refractivity contribution in [3.63, 3.8) is 0 Å². The van der Waals surface area contributed by atoms with Gasteiger partial charge in [0.2, 0.25) is 0 Å². The van der Waals surface area contributed by atoms with Crippen LogP contribution in [0.15, 0.2) is 51.8 Å². The molecule has 0 spiro atoms. The second-order valence-corrected chi connectivity index (χ2v) is 7.81. The van der Waals surface area contributed by atoms with Crippen molar-refractivity contribution in [3.05, 3.63) is 52.5 Å². The molecule has 0 amide bonds. The van der Waals surface area contributed by atoms with Crippen LogP contribution in [-0.4, -0.2) is 14.7 Å². The lowest BCUT2D eigenvalue weighted by atomic mass is 10.1. The van der Waals surface area contributed by atoms with Crippen molar-refractivity contribution in [1.82, 2.24) is 0 Å². The lowest BCUT2D eigenvalue weighted by molar-refractivity contribution is 0.602. The summed E-state index contributed by atoms with van der Waals surface area (Å²) in [7, 11) is -3.34. The maximum Gasteiger partial charge on any atom is 0.177 e. The Morgan fingerprint density at radius 2 is 1.86 bits per heavy atom. The van der Waals surface area contributed by atoms with Crippen molar-refractivity contribution in [2.24, 2.45) is 0 Å². The Morgan fingerprint density at radius 3 is 2.48 bits per heavy atom. The summed E-state index contributed by atoms with van der Waals surface area (Å²) in [4.78, 5) is 0.147. The normalized spacial score (nSPS) is 12.9. The molecule has 0 aliphatic rings. The number of hydrogen-bond donors (Lipinski definition) is 2. The Hall–Kier alpha value is -1.53. The number of rotatable bonds is 4. The van der Waals surface area contributed by atoms with E-state index in [-0.39, 0.29) is 16.6 Å². The van der Waals surface area contributed by atoms with Gasteiger partial charge in [-0.05, 0) is 36.8 Å². The number of hydrogen-bond acceptors (Lipinski definition) is 4. The van der Waals surface area contributed by atoms with Crippen molar-refractivity contribution < 1.29 is 8.42 Å². The molecule has 0 aliphatic heterocycles. The van der Waals surface area contributed by atoms with Crippen molar-refractivity contribution in [2.75, 3.05) is 17.3 Å². The Bertz CT molecular complexity index is 760. The number of benzene rings is 2. The van der Waals surface area contributed by atoms with Crippen LogP contribution in [0.3, 0.4) is 0 Å². The number of nitrogens with two attached hydrogens (primary N) is 1. The monoisotopic (exact) mass is 368 g/mol. The number of nitrogen functional groups attached to an aromatic ring is 1. The average Bonchev–Trinajstić information content (AvgIpc) is 2.39. The highest BCUT2D eigenvalue weighted by Crippen LogP contribution is 2.30. The van der Waals surface area contributed by atoms with Crippen molar-refractivity contribution >= 4 is 37.1 Å². The third-order valence-electron chi connectivity index (χ3n) is 3.19. The second-order valence-electron chi connectivity index (χ2n) is 4.91. The van der Waals surface area contributed by atoms with Gasteiger partial charge in [-0.2, -0.15) is 0 Å². The minimum atomic E-state index is -3.34. The summed E-state index contributed by atoms with van der Waals surface area (Å²) in [6, 6.07) is 12.9. The fourth-order valence-corrected chi connectivity index (χ4v) is 3.34. The summed E-state index contributed by atoms with van der Waals surface area (Å²) in [5, 5.41) is 3.26. The Morgan fingerprint density at radius 1 is 1.19 bits per heavy atom. The second kappa shape index (κ2) is 6.07. The zero-order valence-electron chi connectivity index (χ0n) is 11.8. The van der Waals surface area contributed by atoms with Crippen LogP contribution in [0.25, 0.3) is 0 Å². The first-order chi connectivity index (χ1) is 9.79. The summed E-state index contributed by atoms with van der Waals surface area (Å²) < 4.78 is 24.4. The van der Waals surface area contributed by atoms with E-state index in [4.69, 9.17) is 5.73 Å². The average molecular weight is 369 g/mol. The van der Waals surface area contributed by atoms with Gasteiger partial charge >= 0.3 is 0 Å². The van der Waals surface area contributed by atoms with Gasteiger partial charge < -0.3 is 11.1 Å². The molecule has 4 nitrogen and oxygen atoms in total. The number of nitrogens with one attached hydrogen (secondary N) is 1. The molecule has 21 heavy (non-hydrogen) atoms. The van der Waals surface area contributed by atoms with Gasteiger partial charge in [-0.15, -0.1) is 0 Å². The van der Waals surface area contributed by atoms with Gasteiger partial charge in [-0.1, -0.05) is 34.1 Å². The zero-order chi connectivity index (χ0) is 15.6. The lowest BCUT2D eigenvalue weighted by Crippen LogP contribution is -2.11. The molecule has 1 unspecified atom stereocenters. The molecule has 0 radical (unpaired) electrons. The van der Waals surface area contributed by atoms with Crippen molar-refractivity contribution in [2.45, 2.75) is 17.9 Å². The maximum absolute atomic E-state index is 11.7. The van der Waals surface area contributed by atoms with Crippen molar-refractivity contribution in [3.8, 4) is 0 Å². The number of para-hydroxylation sites is 1. The van der Waals surface area contributed by atoms with Gasteiger partial charge in [-0.25, -0.2) is 8.42 Å². The molecular weight excluding hydrogens is 352 g/mol. The number of anilines is 2. The topological polar surface area (TPSA) is 72.2 Å². The summed E-state index contributed by atoms with van der Waals surface area (Å²) >= 11 is 3.44. The highest BCUT2D eigenvalue weighted by atomic mass is 79.9. The standard InChI is InChI=1S/C15H17BrN2O2S/c1-10(11-5-3-6-12(16)9-11)18-13-7-4-8-14(15(13)17)21(2,19)20/h3-10,18H,17H2,1-2H3. The van der Waals surface area contributed by atoms with E-state index in [1.165, 1.54) is 6.07 Å². The van der Waals surface area contributed by atoms with Gasteiger partial charge in [0.05, 0.1) is 16.3 Å². The summed E-state index contributed by atoms with van der Waals surface area (Å²) in [6.45, 7) is 1.99. The molecular formula is C15H17BrN2O2S. The van der Waals surface area contributed by atoms with Crippen molar-refractivity contribution in [1.29, 1.82) is 0 Å². The van der Waals surface area contributed by atoms with E-state index >= 15 is 0 Å². The third-order valence-corrected chi connectivity index (χ3v) is 4.83. The van der Waals surface area contributed by atoms with Gasteiger partial charge in [0.1, 0.15) is 0 Å². The molecule has 0 aromatic heterocycles. The molecule has 2 rings (SSSR count). The Labute approximate surface area is 133 Å². The summed E-state index contributed by atoms with van der Waals surface area (Å²) in [5.41, 5.74) is 7.92. The van der Waals surface area contributed by atoms with E-state index in [2.05, 4.69) is 21.2 Å². The largest absolute Gasteiger partial charge is 0.396 e. The Kier molecular flexibility index (Phi) is 4.58. The smallest absolute Gasteiger partial charge is 0.177 e. The van der Waals surface area contributed by atoms with Crippen LogP contribution in [0.2, 0.25) is 0 Å². The first-order valence-corrected chi connectivity index (χ1v) is 9.08. The molecule has 6 heteroatoms. The van der Waals surface area contributed by atoms with E-state index in [0.717, 1.165) is 16.3 Å². The predicted octanol–water partition coefficient (Wildman–Crippen LogP) is 3.61. The maximum atomic E-state index is 11.7. The lowest BCUT2D eigenvalue weighted by Gasteiger charge is -2.18. The number of halogens is 1. The van der Waals surface area contributed by atoms with Gasteiger partial charge in [0.15, 0.2) is 9.84 Å². The molecule has 0 bridgehead atoms. The van der Waals surface area contributed by atoms with Crippen LogP contribution in [0.5, 0.6) is 0 Å². The fraction of sp³-hybridized carbons (Fsp3) is 0.200. The highest BCUT2D eigenvalue weighted by Gasteiger charge is 2.15. The summed E-state index contributed by atoms with van der Waals surface area (Å²) in [6.07, 6.45) is 1.15. The van der Waals surface area contributed by atoms with E-state index in [9.17, 15) is 8.42 Å². The van der Waals surface area contributed by atoms with Crippen LogP contribution in [0, 0.1) is 0 Å². The van der Waals surface area contributed by atoms with Crippen LogP contribution in [-0.2, 0) is 9.84 Å². The quantitative estimate of drug-likeness (QED) is 0.808. The molecule has 1 atom stereocenters. The molecule has 2 aromatic carbocycles. The third kappa shape index (κ3) is 3.77. The van der Waals surface area contributed by atoms with Crippen LogP contribution < -0.4 is 11.1 Å². The molecule has 112 valence electrons. The molecule has 2 aromatic rings. The minimum absolute atomic E-state index is 0.000361. The fourth-order valence-electron chi connectivity index (χ4n) is 2.09. The predicted molar refractivity (Wildman–Crippen MR) is 90.1 cm³/mol. The molecule has 0 saturated carbocycles. The van der Waals surface area contributed by atoms with Gasteiger partial charge in [0, 0.05) is 16.8 Å². The van der Waals surface area contributed by atoms with Gasteiger partial charge in [0.25, 0.3) is 0 Å². The van der Waals surface area contributed by atoms with Crippen LogP contribution in [0.1, 0.15) is 18.5 Å². The van der Waals surface area contributed by atoms with E-state index < -0.39 is 9.84 Å². The van der Waals surface area contributed by atoms with E-state index in [1.807, 2.05) is 31.2 Å². The molecule has 0 aliphatic carbocycles. The number of sulfone groups is 1. The first-order valence-electron chi connectivity index (χ1n) is 6.39. The van der Waals surface area contributed by atoms with Gasteiger partial charge in [-0.3, -0.25) is 0 Å². The zero-order valence-corrected chi connectivity index (χ0v) is 14.2. The molecule has 0 heterocycles. The minimum Gasteiger partial charge on any atom is -0.396 e. The van der Waals surface area contributed by atoms with E-state index in [0.29, 0.717) is 5.69 Å². The van der Waals surface area contributed by atoms with Crippen LogP contribution in [0.4, 0.5) is 11.4 Å². The first kappa shape index (κ1) is 15.9. The Balaban J connectivity index is 2.32. The van der Waals surface area contributed by atoms with Crippen LogP contribution >= 0.6 is 15.9 Å². The molecule has 0 fully saturated rings. The molecule has 0 saturated heterocycles. The highest BCUT2D eigenvalue weighted by molar-refractivity contribution is 9.10. The van der Waals surface area contributed by atoms with E-state index in [1.54, 1.807) is 12.1 Å². The molecule has 3 N–H and O–H groups in total. The SMILES string of the molecule is CC(Nc1cccc(S(C)(=O)=O)c1N)c1cccc(Br)c1.